The molecular formula is C54H66FN7O10S. The lowest BCUT2D eigenvalue weighted by atomic mass is 9.70. The molecule has 73 heavy (non-hydrogen) atoms. The summed E-state index contributed by atoms with van der Waals surface area (Å²) >= 11 is 0. The third kappa shape index (κ3) is 10.3. The number of sulfonamides is 1. The summed E-state index contributed by atoms with van der Waals surface area (Å²) in [6.07, 6.45) is 8.87. The Morgan fingerprint density at radius 1 is 1.03 bits per heavy atom. The lowest BCUT2D eigenvalue weighted by Crippen LogP contribution is -2.63. The molecule has 10 rings (SSSR count). The molecule has 19 heteroatoms. The van der Waals surface area contributed by atoms with E-state index in [0.717, 1.165) is 63.0 Å². The predicted octanol–water partition coefficient (Wildman–Crippen LogP) is 9.41. The second-order valence-electron chi connectivity index (χ2n) is 21.6. The Labute approximate surface area is 425 Å². The van der Waals surface area contributed by atoms with Crippen molar-refractivity contribution >= 4 is 44.0 Å². The predicted molar refractivity (Wildman–Crippen MR) is 274 cm³/mol. The molecule has 1 unspecified atom stereocenters. The quantitative estimate of drug-likeness (QED) is 0.0569. The van der Waals surface area contributed by atoms with Crippen molar-refractivity contribution in [2.24, 2.45) is 11.3 Å². The molecule has 1 amide bonds. The summed E-state index contributed by atoms with van der Waals surface area (Å²) in [7, 11) is -3.25. The second kappa shape index (κ2) is 20.0. The van der Waals surface area contributed by atoms with Gasteiger partial charge in [-0.3, -0.25) is 19.8 Å². The zero-order valence-corrected chi connectivity index (χ0v) is 42.9. The zero-order valence-electron chi connectivity index (χ0n) is 42.1. The van der Waals surface area contributed by atoms with E-state index in [1.165, 1.54) is 49.6 Å². The Morgan fingerprint density at radius 3 is 2.51 bits per heavy atom. The molecule has 3 aromatic carbocycles. The Kier molecular flexibility index (Phi) is 13.8. The number of aromatic nitrogens is 2. The number of rotatable bonds is 15. The molecule has 5 aromatic rings. The maximum absolute atomic E-state index is 15.1. The molecule has 5 aliphatic rings. The van der Waals surface area contributed by atoms with Gasteiger partial charge in [0.25, 0.3) is 27.5 Å². The highest BCUT2D eigenvalue weighted by atomic mass is 32.2. The molecule has 390 valence electrons. The fourth-order valence-electron chi connectivity index (χ4n) is 11.9. The van der Waals surface area contributed by atoms with Crippen LogP contribution in [0.4, 0.5) is 21.5 Å². The molecule has 2 saturated heterocycles. The Balaban J connectivity index is 0.904. The van der Waals surface area contributed by atoms with Crippen LogP contribution in [0, 0.1) is 27.3 Å². The highest BCUT2D eigenvalue weighted by Crippen LogP contribution is 2.50. The highest BCUT2D eigenvalue weighted by molar-refractivity contribution is 7.90. The third-order valence-electron chi connectivity index (χ3n) is 16.3. The maximum atomic E-state index is 15.1. The monoisotopic (exact) mass is 1020 g/mol. The van der Waals surface area contributed by atoms with E-state index in [0.29, 0.717) is 43.6 Å². The van der Waals surface area contributed by atoms with E-state index in [2.05, 4.69) is 67.9 Å². The van der Waals surface area contributed by atoms with Gasteiger partial charge in [0.05, 0.1) is 38.5 Å². The zero-order chi connectivity index (χ0) is 51.4. The average Bonchev–Trinajstić information content (AvgIpc) is 4.00. The molecule has 4 atom stereocenters. The van der Waals surface area contributed by atoms with Crippen LogP contribution < -0.4 is 29.1 Å². The van der Waals surface area contributed by atoms with E-state index in [9.17, 15) is 28.4 Å². The summed E-state index contributed by atoms with van der Waals surface area (Å²) < 4.78 is 69.4. The van der Waals surface area contributed by atoms with Gasteiger partial charge in [0.2, 0.25) is 0 Å². The van der Waals surface area contributed by atoms with Crippen LogP contribution in [-0.4, -0.2) is 110 Å². The number of aromatic amines is 1. The van der Waals surface area contributed by atoms with Crippen LogP contribution in [0.2, 0.25) is 0 Å². The molecule has 2 aromatic heterocycles. The molecule has 4 fully saturated rings. The molecule has 5 heterocycles. The number of amides is 1. The first-order valence-corrected chi connectivity index (χ1v) is 27.1. The number of benzene rings is 3. The minimum Gasteiger partial charge on any atom is -0.489 e. The number of nitro benzene ring substituents is 1. The molecule has 0 radical (unpaired) electrons. The molecule has 2 aliphatic carbocycles. The van der Waals surface area contributed by atoms with Crippen molar-refractivity contribution in [1.82, 2.24) is 19.6 Å². The molecular weight excluding hydrogens is 958 g/mol. The Hall–Kier alpha value is -6.02. The number of likely N-dealkylation sites (tertiary alicyclic amines) is 1. The van der Waals surface area contributed by atoms with Crippen molar-refractivity contribution in [1.29, 1.82) is 0 Å². The number of methoxy groups -OCH3 is 1. The van der Waals surface area contributed by atoms with Crippen molar-refractivity contribution in [3.8, 4) is 23.1 Å². The van der Waals surface area contributed by atoms with Gasteiger partial charge < -0.3 is 39.3 Å². The topological polar surface area (TPSA) is 211 Å². The van der Waals surface area contributed by atoms with Crippen LogP contribution in [0.1, 0.15) is 119 Å². The van der Waals surface area contributed by atoms with Gasteiger partial charge in [-0.1, -0.05) is 44.5 Å². The van der Waals surface area contributed by atoms with Gasteiger partial charge in [-0.15, -0.1) is 0 Å². The number of carbonyl (C=O) groups excluding carboxylic acids is 1. The van der Waals surface area contributed by atoms with Gasteiger partial charge >= 0.3 is 0 Å². The number of ether oxygens (including phenoxy) is 4. The number of nitrogens with zero attached hydrogens (tertiary/aromatic N) is 4. The summed E-state index contributed by atoms with van der Waals surface area (Å²) in [4.78, 5) is 37.8. The molecule has 3 aliphatic heterocycles. The number of aliphatic hydroxyl groups is 1. The minimum absolute atomic E-state index is 0.0261. The van der Waals surface area contributed by atoms with Crippen LogP contribution in [0.25, 0.3) is 11.0 Å². The molecule has 4 N–H and O–H groups in total. The lowest BCUT2D eigenvalue weighted by Gasteiger charge is -2.57. The van der Waals surface area contributed by atoms with Gasteiger partial charge in [0.1, 0.15) is 30.4 Å². The minimum atomic E-state index is -4.78. The number of anilines is 2. The molecule has 2 saturated carbocycles. The largest absolute Gasteiger partial charge is 0.489 e. The first-order valence-electron chi connectivity index (χ1n) is 25.6. The first kappa shape index (κ1) is 50.5. The fourth-order valence-corrected chi connectivity index (χ4v) is 12.9. The number of halogens is 1. The van der Waals surface area contributed by atoms with Crippen LogP contribution in [-0.2, 0) is 14.8 Å². The van der Waals surface area contributed by atoms with Crippen molar-refractivity contribution in [3.63, 3.8) is 0 Å². The summed E-state index contributed by atoms with van der Waals surface area (Å²) in [6.45, 7) is 11.9. The van der Waals surface area contributed by atoms with Crippen LogP contribution in [0.15, 0.2) is 71.8 Å². The number of carbonyl (C=O) groups is 1. The summed E-state index contributed by atoms with van der Waals surface area (Å²) in [5, 5.41) is 26.3. The van der Waals surface area contributed by atoms with Crippen LogP contribution in [0.3, 0.4) is 0 Å². The van der Waals surface area contributed by atoms with Crippen molar-refractivity contribution in [3.05, 3.63) is 99.5 Å². The Morgan fingerprint density at radius 2 is 1.78 bits per heavy atom. The summed E-state index contributed by atoms with van der Waals surface area (Å²) in [6, 6.07) is 17.5. The number of piperidine rings is 1. The van der Waals surface area contributed by atoms with Gasteiger partial charge in [0, 0.05) is 75.5 Å². The Bertz CT molecular complexity index is 2990. The van der Waals surface area contributed by atoms with E-state index >= 15 is 4.39 Å². The van der Waals surface area contributed by atoms with E-state index in [-0.39, 0.29) is 82.1 Å². The molecule has 17 nitrogen and oxygen atoms in total. The number of fused-ring (bicyclic) bond motifs is 2. The van der Waals surface area contributed by atoms with E-state index in [1.807, 2.05) is 0 Å². The van der Waals surface area contributed by atoms with Gasteiger partial charge in [-0.05, 0) is 112 Å². The third-order valence-corrected chi connectivity index (χ3v) is 17.6. The van der Waals surface area contributed by atoms with Crippen molar-refractivity contribution < 1.29 is 46.6 Å². The van der Waals surface area contributed by atoms with Crippen molar-refractivity contribution in [2.45, 2.75) is 126 Å². The van der Waals surface area contributed by atoms with E-state index < -0.39 is 42.9 Å². The van der Waals surface area contributed by atoms with Gasteiger partial charge in [0.15, 0.2) is 17.2 Å². The number of nitrogens with one attached hydrogen (secondary N) is 3. The van der Waals surface area contributed by atoms with Crippen LogP contribution in [0.5, 0.6) is 23.1 Å². The number of nitro groups is 1. The van der Waals surface area contributed by atoms with E-state index in [1.54, 1.807) is 26.0 Å². The number of H-pyrrole nitrogens is 1. The van der Waals surface area contributed by atoms with Gasteiger partial charge in [-0.2, -0.15) is 4.98 Å². The van der Waals surface area contributed by atoms with Crippen LogP contribution >= 0.6 is 0 Å². The maximum Gasteiger partial charge on any atom is 0.297 e. The standard InChI is InChI=1S/C54H66FN7O10S/c1-32(2)37-9-6-7-10-38(37)39-11-8-12-44(39)61-30-54(31-61)19-21-60(22-20-54)35-13-14-40(46(23-35)72-48-26-41-42(55)27-56-50(41)58-52(48)71-28-33(3)69-5)51(63)59-73(67,68)36-24-45(62(65)66)49-47(25-36)70-29-43(57-49)34-15-17-53(4,64)18-16-34/h6-7,9-10,13-14,23-27,32-34,39,43-44,57,64H,8,11-12,15-22,28-31H2,1-5H3,(H,56,58)(H,59,63)/t33?,34?,39-,43-,44-,53?/m1/s1. The summed E-state index contributed by atoms with van der Waals surface area (Å²) in [5.74, 6) is -0.777. The van der Waals surface area contributed by atoms with Crippen molar-refractivity contribution in [2.75, 3.05) is 56.7 Å². The highest BCUT2D eigenvalue weighted by Gasteiger charge is 2.49. The fraction of sp³-hybridized carbons (Fsp3) is 0.519. The number of hydrogen-bond acceptors (Lipinski definition) is 14. The van der Waals surface area contributed by atoms with E-state index in [4.69, 9.17) is 18.9 Å². The smallest absolute Gasteiger partial charge is 0.297 e. The number of hydrogen-bond donors (Lipinski definition) is 4. The lowest BCUT2D eigenvalue weighted by molar-refractivity contribution is -0.384. The molecule has 1 spiro atoms. The average molecular weight is 1020 g/mol. The van der Waals surface area contributed by atoms with Gasteiger partial charge in [-0.25, -0.2) is 17.5 Å². The number of pyridine rings is 1. The second-order valence-corrected chi connectivity index (χ2v) is 23.3. The summed E-state index contributed by atoms with van der Waals surface area (Å²) in [5.41, 5.74) is 2.60. The molecule has 0 bridgehead atoms. The normalized spacial score (nSPS) is 24.4. The first-order chi connectivity index (χ1) is 34.9. The SMILES string of the molecule is COC(C)COc1nc2[nH]cc(F)c2cc1Oc1cc(N2CCC3(CC2)CN([C@@H]2CCC[C@@H]2c2ccccc2C(C)C)C3)ccc1C(=O)NS(=O)(=O)c1cc2c(c([N+](=O)[O-])c1)N[C@@H](C1CCC(C)(O)CC1)CO2.